The maximum atomic E-state index is 6.51. The van der Waals surface area contributed by atoms with Gasteiger partial charge >= 0.3 is 0 Å². The number of likely N-dealkylation sites (tertiary alicyclic amines) is 1. The van der Waals surface area contributed by atoms with E-state index in [9.17, 15) is 0 Å². The molecule has 1 aliphatic rings. The van der Waals surface area contributed by atoms with Crippen molar-refractivity contribution in [2.24, 2.45) is 0 Å². The first-order chi connectivity index (χ1) is 16.7. The van der Waals surface area contributed by atoms with Crippen LogP contribution in [0.15, 0.2) is 67.1 Å². The fourth-order valence-electron chi connectivity index (χ4n) is 4.02. The number of pyridine rings is 1. The third-order valence-corrected chi connectivity index (χ3v) is 6.18. The summed E-state index contributed by atoms with van der Waals surface area (Å²) in [7, 11) is 2.14. The number of nitrogens with one attached hydrogen (secondary N) is 1. The molecule has 0 unspecified atom stereocenters. The van der Waals surface area contributed by atoms with Gasteiger partial charge in [0.2, 0.25) is 0 Å². The van der Waals surface area contributed by atoms with Gasteiger partial charge in [-0.1, -0.05) is 23.7 Å². The molecule has 0 saturated carbocycles. The molecule has 174 valence electrons. The first kappa shape index (κ1) is 22.4. The molecule has 34 heavy (non-hydrogen) atoms. The number of aromatic nitrogens is 3. The summed E-state index contributed by atoms with van der Waals surface area (Å²) in [6.07, 6.45) is 5.47. The second-order valence-corrected chi connectivity index (χ2v) is 8.78. The predicted octanol–water partition coefficient (Wildman–Crippen LogP) is 5.47. The van der Waals surface area contributed by atoms with Crippen molar-refractivity contribution in [3.8, 4) is 11.5 Å². The van der Waals surface area contributed by atoms with Crippen LogP contribution in [0.25, 0.3) is 10.9 Å². The molecule has 0 bridgehead atoms. The van der Waals surface area contributed by atoms with Gasteiger partial charge in [-0.05, 0) is 62.4 Å². The second kappa shape index (κ2) is 10.2. The van der Waals surface area contributed by atoms with Crippen molar-refractivity contribution in [1.82, 2.24) is 19.9 Å². The number of nitrogens with zero attached hydrogens (tertiary/aromatic N) is 4. The van der Waals surface area contributed by atoms with Crippen LogP contribution in [0.2, 0.25) is 5.02 Å². The maximum Gasteiger partial charge on any atom is 0.145 e. The Morgan fingerprint density at radius 1 is 1.00 bits per heavy atom. The van der Waals surface area contributed by atoms with Crippen molar-refractivity contribution in [3.05, 3.63) is 77.8 Å². The largest absolute Gasteiger partial charge is 0.489 e. The summed E-state index contributed by atoms with van der Waals surface area (Å²) in [6.45, 7) is 2.41. The maximum absolute atomic E-state index is 6.51. The minimum Gasteiger partial charge on any atom is -0.489 e. The van der Waals surface area contributed by atoms with Gasteiger partial charge in [0.15, 0.2) is 0 Å². The number of hydrogen-bond donors (Lipinski definition) is 1. The summed E-state index contributed by atoms with van der Waals surface area (Å²) in [6, 6.07) is 17.2. The fourth-order valence-corrected chi connectivity index (χ4v) is 4.26. The summed E-state index contributed by atoms with van der Waals surface area (Å²) >= 11 is 6.51. The van der Waals surface area contributed by atoms with Gasteiger partial charge in [0.25, 0.3) is 0 Å². The van der Waals surface area contributed by atoms with E-state index in [1.54, 1.807) is 12.5 Å². The molecule has 0 spiro atoms. The molecule has 0 atom stereocenters. The second-order valence-electron chi connectivity index (χ2n) is 8.37. The summed E-state index contributed by atoms with van der Waals surface area (Å²) < 4.78 is 12.3. The molecule has 7 nitrogen and oxygen atoms in total. The fraction of sp³-hybridized carbons (Fsp3) is 0.269. The lowest BCUT2D eigenvalue weighted by molar-refractivity contribution is 0.116. The number of piperidine rings is 1. The molecular formula is C26H26ClN5O2. The SMILES string of the molecule is CN1CCC(Oc2cccc3ncnc(Nc4ccc(OCc5ccccn5)c(Cl)c4)c23)CC1. The van der Waals surface area contributed by atoms with Crippen LogP contribution in [-0.2, 0) is 6.61 Å². The first-order valence-electron chi connectivity index (χ1n) is 11.3. The standard InChI is InChI=1S/C26H26ClN5O2/c1-32-13-10-20(11-14-32)34-24-7-4-6-22-25(24)26(30-17-29-22)31-18-8-9-23(21(27)15-18)33-16-19-5-2-3-12-28-19/h2-9,12,15,17,20H,10-11,13-14,16H2,1H3,(H,29,30,31). The molecule has 1 aliphatic heterocycles. The van der Waals surface area contributed by atoms with Gasteiger partial charge in [-0.3, -0.25) is 4.98 Å². The summed E-state index contributed by atoms with van der Waals surface area (Å²) in [5.41, 5.74) is 2.46. The van der Waals surface area contributed by atoms with Crippen LogP contribution in [0.1, 0.15) is 18.5 Å². The third-order valence-electron chi connectivity index (χ3n) is 5.88. The van der Waals surface area contributed by atoms with Crippen LogP contribution in [0.4, 0.5) is 11.5 Å². The Hall–Kier alpha value is -3.42. The quantitative estimate of drug-likeness (QED) is 0.379. The van der Waals surface area contributed by atoms with Crippen LogP contribution in [0, 0.1) is 0 Å². The molecule has 3 heterocycles. The van der Waals surface area contributed by atoms with Crippen LogP contribution >= 0.6 is 11.6 Å². The Morgan fingerprint density at radius 3 is 2.68 bits per heavy atom. The highest BCUT2D eigenvalue weighted by Gasteiger charge is 2.20. The number of benzene rings is 2. The lowest BCUT2D eigenvalue weighted by atomic mass is 10.1. The van der Waals surface area contributed by atoms with Gasteiger partial charge in [-0.15, -0.1) is 0 Å². The van der Waals surface area contributed by atoms with Crippen LogP contribution in [-0.4, -0.2) is 46.1 Å². The van der Waals surface area contributed by atoms with Gasteiger partial charge in [0.05, 0.1) is 21.6 Å². The molecule has 0 aliphatic carbocycles. The number of anilines is 2. The van der Waals surface area contributed by atoms with Gasteiger partial charge in [-0.25, -0.2) is 9.97 Å². The van der Waals surface area contributed by atoms with Crippen molar-refractivity contribution in [2.45, 2.75) is 25.6 Å². The lowest BCUT2D eigenvalue weighted by Crippen LogP contribution is -2.35. The minimum atomic E-state index is 0.180. The van der Waals surface area contributed by atoms with E-state index < -0.39 is 0 Å². The summed E-state index contributed by atoms with van der Waals surface area (Å²) in [4.78, 5) is 15.5. The number of ether oxygens (including phenoxy) is 2. The molecule has 2 aromatic carbocycles. The highest BCUT2D eigenvalue weighted by atomic mass is 35.5. The normalized spacial score (nSPS) is 14.8. The van der Waals surface area contributed by atoms with E-state index in [2.05, 4.69) is 32.2 Å². The topological polar surface area (TPSA) is 72.4 Å². The van der Waals surface area contributed by atoms with Crippen molar-refractivity contribution in [2.75, 3.05) is 25.5 Å². The molecule has 2 aromatic heterocycles. The molecule has 1 fully saturated rings. The van der Waals surface area contributed by atoms with E-state index in [-0.39, 0.29) is 6.10 Å². The average molecular weight is 476 g/mol. The van der Waals surface area contributed by atoms with Crippen LogP contribution in [0.3, 0.4) is 0 Å². The van der Waals surface area contributed by atoms with Gasteiger partial charge in [0, 0.05) is 25.0 Å². The number of rotatable bonds is 7. The monoisotopic (exact) mass is 475 g/mol. The third kappa shape index (κ3) is 5.21. The van der Waals surface area contributed by atoms with E-state index in [0.29, 0.717) is 23.2 Å². The Bertz CT molecular complexity index is 1260. The zero-order valence-corrected chi connectivity index (χ0v) is 19.7. The molecule has 8 heteroatoms. The van der Waals surface area contributed by atoms with E-state index in [1.807, 2.05) is 54.6 Å². The van der Waals surface area contributed by atoms with E-state index in [1.165, 1.54) is 0 Å². The van der Waals surface area contributed by atoms with Crippen molar-refractivity contribution in [3.63, 3.8) is 0 Å². The van der Waals surface area contributed by atoms with Crippen molar-refractivity contribution >= 4 is 34.0 Å². The number of fused-ring (bicyclic) bond motifs is 1. The average Bonchev–Trinajstić information content (AvgIpc) is 2.86. The molecular weight excluding hydrogens is 450 g/mol. The highest BCUT2D eigenvalue weighted by molar-refractivity contribution is 6.32. The lowest BCUT2D eigenvalue weighted by Gasteiger charge is -2.29. The van der Waals surface area contributed by atoms with Crippen molar-refractivity contribution in [1.29, 1.82) is 0 Å². The minimum absolute atomic E-state index is 0.180. The molecule has 1 N–H and O–H groups in total. The molecule has 1 saturated heterocycles. The van der Waals surface area contributed by atoms with E-state index in [4.69, 9.17) is 21.1 Å². The Labute approximate surface area is 203 Å². The van der Waals surface area contributed by atoms with Crippen molar-refractivity contribution < 1.29 is 9.47 Å². The first-order valence-corrected chi connectivity index (χ1v) is 11.7. The van der Waals surface area contributed by atoms with Crippen LogP contribution in [0.5, 0.6) is 11.5 Å². The highest BCUT2D eigenvalue weighted by Crippen LogP contribution is 2.35. The Balaban J connectivity index is 1.35. The molecule has 5 rings (SSSR count). The summed E-state index contributed by atoms with van der Waals surface area (Å²) in [5.74, 6) is 2.06. The smallest absolute Gasteiger partial charge is 0.145 e. The van der Waals surface area contributed by atoms with Gasteiger partial charge in [-0.2, -0.15) is 0 Å². The van der Waals surface area contributed by atoms with E-state index in [0.717, 1.165) is 54.0 Å². The van der Waals surface area contributed by atoms with Crippen LogP contribution < -0.4 is 14.8 Å². The Kier molecular flexibility index (Phi) is 6.74. The number of halogens is 1. The number of hydrogen-bond acceptors (Lipinski definition) is 7. The zero-order chi connectivity index (χ0) is 23.3. The molecule has 0 radical (unpaired) electrons. The predicted molar refractivity (Wildman–Crippen MR) is 134 cm³/mol. The molecule has 0 amide bonds. The van der Waals surface area contributed by atoms with Gasteiger partial charge in [0.1, 0.15) is 36.4 Å². The van der Waals surface area contributed by atoms with E-state index >= 15 is 0 Å². The van der Waals surface area contributed by atoms with Gasteiger partial charge < -0.3 is 19.7 Å². The molecule has 4 aromatic rings. The zero-order valence-electron chi connectivity index (χ0n) is 18.9. The Morgan fingerprint density at radius 2 is 1.88 bits per heavy atom. The summed E-state index contributed by atoms with van der Waals surface area (Å²) in [5, 5.41) is 4.74.